The summed E-state index contributed by atoms with van der Waals surface area (Å²) in [4.78, 5) is 28.8. The van der Waals surface area contributed by atoms with Gasteiger partial charge in [-0.15, -0.1) is 0 Å². The van der Waals surface area contributed by atoms with Crippen LogP contribution >= 0.6 is 0 Å². The van der Waals surface area contributed by atoms with Gasteiger partial charge in [0.2, 0.25) is 5.91 Å². The van der Waals surface area contributed by atoms with E-state index in [-0.39, 0.29) is 18.5 Å². The van der Waals surface area contributed by atoms with Crippen LogP contribution in [0.3, 0.4) is 0 Å². The van der Waals surface area contributed by atoms with Crippen LogP contribution in [-0.2, 0) is 11.0 Å². The maximum atomic E-state index is 13.5. The van der Waals surface area contributed by atoms with Crippen molar-refractivity contribution in [2.24, 2.45) is 17.3 Å². The van der Waals surface area contributed by atoms with E-state index in [1.165, 1.54) is 12.1 Å². The Hall–Kier alpha value is -2.96. The maximum absolute atomic E-state index is 13.5. The summed E-state index contributed by atoms with van der Waals surface area (Å²) in [5.74, 6) is -0.0709. The first-order chi connectivity index (χ1) is 16.0. The lowest BCUT2D eigenvalue weighted by Gasteiger charge is -2.41. The summed E-state index contributed by atoms with van der Waals surface area (Å²) in [6, 6.07) is 5.16. The summed E-state index contributed by atoms with van der Waals surface area (Å²) >= 11 is 0. The maximum Gasteiger partial charge on any atom is 0.417 e. The van der Waals surface area contributed by atoms with Gasteiger partial charge in [0, 0.05) is 50.9 Å². The van der Waals surface area contributed by atoms with E-state index in [4.69, 9.17) is 5.26 Å². The predicted octanol–water partition coefficient (Wildman–Crippen LogP) is 3.60. The van der Waals surface area contributed by atoms with Gasteiger partial charge in [-0.25, -0.2) is 4.79 Å². The lowest BCUT2D eigenvalue weighted by molar-refractivity contribution is -0.137. The summed E-state index contributed by atoms with van der Waals surface area (Å²) < 4.78 is 40.5. The Labute approximate surface area is 198 Å². The number of nitriles is 1. The lowest BCUT2D eigenvalue weighted by Crippen LogP contribution is -2.51. The molecule has 0 aromatic heterocycles. The number of benzene rings is 1. The first kappa shape index (κ1) is 25.7. The quantitative estimate of drug-likeness (QED) is 0.676. The Morgan fingerprint density at radius 1 is 1.26 bits per heavy atom. The van der Waals surface area contributed by atoms with Gasteiger partial charge in [-0.1, -0.05) is 13.8 Å². The first-order valence-electron chi connectivity index (χ1n) is 11.6. The Kier molecular flexibility index (Phi) is 7.64. The van der Waals surface area contributed by atoms with Crippen molar-refractivity contribution < 1.29 is 22.8 Å². The topological polar surface area (TPSA) is 88.5 Å². The molecule has 2 N–H and O–H groups in total. The number of hydrogen-bond donors (Lipinski definition) is 2. The van der Waals surface area contributed by atoms with Crippen molar-refractivity contribution in [3.63, 3.8) is 0 Å². The van der Waals surface area contributed by atoms with Gasteiger partial charge in [0.05, 0.1) is 23.1 Å². The highest BCUT2D eigenvalue weighted by Gasteiger charge is 2.51. The molecule has 3 amide bonds. The number of amides is 3. The van der Waals surface area contributed by atoms with E-state index in [2.05, 4.69) is 24.5 Å². The summed E-state index contributed by atoms with van der Waals surface area (Å²) in [6.07, 6.45) is -2.59. The summed E-state index contributed by atoms with van der Waals surface area (Å²) in [5.41, 5.74) is -1.50. The molecule has 1 aromatic carbocycles. The molecule has 0 bridgehead atoms. The molecule has 7 nitrogen and oxygen atoms in total. The standard InChI is InChI=1S/C24H32F3N5O2/c1-16(2)6-9-30-22(34)31-10-7-23(8-11-31)15-32(14-20(23)21(33)29-3)18-5-4-17(13-28)19(12-18)24(25,26)27/h4-5,12,16,20H,6-11,14-15H2,1-3H3,(H,29,33)(H,30,34). The number of nitrogens with zero attached hydrogens (tertiary/aromatic N) is 3. The average molecular weight is 480 g/mol. The number of carbonyl (C=O) groups excluding carboxylic acids is 2. The molecule has 186 valence electrons. The van der Waals surface area contributed by atoms with E-state index in [1.807, 2.05) is 0 Å². The van der Waals surface area contributed by atoms with Gasteiger partial charge >= 0.3 is 12.2 Å². The molecule has 0 radical (unpaired) electrons. The Bertz CT molecular complexity index is 949. The molecular weight excluding hydrogens is 447 g/mol. The van der Waals surface area contributed by atoms with Gasteiger partial charge in [0.25, 0.3) is 0 Å². The Morgan fingerprint density at radius 3 is 2.50 bits per heavy atom. The zero-order valence-electron chi connectivity index (χ0n) is 19.8. The van der Waals surface area contributed by atoms with Crippen molar-refractivity contribution >= 4 is 17.6 Å². The van der Waals surface area contributed by atoms with E-state index >= 15 is 0 Å². The number of piperidine rings is 1. The molecule has 34 heavy (non-hydrogen) atoms. The van der Waals surface area contributed by atoms with Crippen LogP contribution in [0.4, 0.5) is 23.7 Å². The zero-order valence-corrected chi connectivity index (χ0v) is 19.8. The van der Waals surface area contributed by atoms with Crippen LogP contribution in [0.5, 0.6) is 0 Å². The number of carbonyl (C=O) groups is 2. The monoisotopic (exact) mass is 479 g/mol. The highest BCUT2D eigenvalue weighted by molar-refractivity contribution is 5.81. The largest absolute Gasteiger partial charge is 0.417 e. The number of alkyl halides is 3. The molecule has 0 aliphatic carbocycles. The highest BCUT2D eigenvalue weighted by atomic mass is 19.4. The fourth-order valence-electron chi connectivity index (χ4n) is 5.00. The molecule has 2 aliphatic rings. The van der Waals surface area contributed by atoms with Crippen LogP contribution in [0.25, 0.3) is 0 Å². The molecular formula is C24H32F3N5O2. The molecule has 1 unspecified atom stereocenters. The summed E-state index contributed by atoms with van der Waals surface area (Å²) in [7, 11) is 1.56. The van der Waals surface area contributed by atoms with E-state index in [0.717, 1.165) is 12.5 Å². The molecule has 1 spiro atoms. The minimum atomic E-state index is -4.65. The van der Waals surface area contributed by atoms with Crippen LogP contribution in [0, 0.1) is 28.6 Å². The third kappa shape index (κ3) is 5.40. The van der Waals surface area contributed by atoms with Gasteiger partial charge in [-0.3, -0.25) is 4.79 Å². The van der Waals surface area contributed by atoms with Gasteiger partial charge in [0.15, 0.2) is 0 Å². The molecule has 10 heteroatoms. The third-order valence-corrected chi connectivity index (χ3v) is 7.05. The number of nitrogens with one attached hydrogen (secondary N) is 2. The molecule has 2 heterocycles. The fourth-order valence-corrected chi connectivity index (χ4v) is 5.00. The lowest BCUT2D eigenvalue weighted by atomic mass is 9.70. The molecule has 2 aliphatic heterocycles. The third-order valence-electron chi connectivity index (χ3n) is 7.05. The van der Waals surface area contributed by atoms with Crippen LogP contribution in [0.15, 0.2) is 18.2 Å². The second kappa shape index (κ2) is 10.1. The van der Waals surface area contributed by atoms with E-state index < -0.39 is 28.6 Å². The number of rotatable bonds is 5. The SMILES string of the molecule is CNC(=O)C1CN(c2ccc(C#N)c(C(F)(F)F)c2)CC12CCN(C(=O)NCCC(C)C)CC2. The smallest absolute Gasteiger partial charge is 0.370 e. The minimum Gasteiger partial charge on any atom is -0.370 e. The van der Waals surface area contributed by atoms with Crippen molar-refractivity contribution in [1.29, 1.82) is 5.26 Å². The second-order valence-electron chi connectivity index (χ2n) is 9.65. The molecule has 2 fully saturated rings. The molecule has 1 atom stereocenters. The molecule has 1 aromatic rings. The van der Waals surface area contributed by atoms with Crippen LogP contribution in [-0.4, -0.2) is 56.6 Å². The highest BCUT2D eigenvalue weighted by Crippen LogP contribution is 2.47. The van der Waals surface area contributed by atoms with E-state index in [0.29, 0.717) is 50.6 Å². The number of halogens is 3. The normalized spacial score (nSPS) is 19.9. The van der Waals surface area contributed by atoms with Gasteiger partial charge < -0.3 is 20.4 Å². The molecule has 2 saturated heterocycles. The number of urea groups is 1. The molecule has 0 saturated carbocycles. The van der Waals surface area contributed by atoms with Crippen molar-refractivity contribution in [1.82, 2.24) is 15.5 Å². The average Bonchev–Trinajstić information content (AvgIpc) is 3.16. The van der Waals surface area contributed by atoms with E-state index in [1.54, 1.807) is 22.9 Å². The number of likely N-dealkylation sites (tertiary alicyclic amines) is 1. The Balaban J connectivity index is 1.77. The van der Waals surface area contributed by atoms with Crippen molar-refractivity contribution in [2.45, 2.75) is 39.3 Å². The number of anilines is 1. The summed E-state index contributed by atoms with van der Waals surface area (Å²) in [5, 5.41) is 14.7. The zero-order chi connectivity index (χ0) is 25.1. The minimum absolute atomic E-state index is 0.122. The van der Waals surface area contributed by atoms with Gasteiger partial charge in [0.1, 0.15) is 0 Å². The van der Waals surface area contributed by atoms with Crippen LogP contribution in [0.2, 0.25) is 0 Å². The van der Waals surface area contributed by atoms with Crippen LogP contribution < -0.4 is 15.5 Å². The second-order valence-corrected chi connectivity index (χ2v) is 9.65. The van der Waals surface area contributed by atoms with E-state index in [9.17, 15) is 22.8 Å². The Morgan fingerprint density at radius 2 is 1.94 bits per heavy atom. The predicted molar refractivity (Wildman–Crippen MR) is 122 cm³/mol. The summed E-state index contributed by atoms with van der Waals surface area (Å²) in [6.45, 7) is 6.44. The van der Waals surface area contributed by atoms with Crippen molar-refractivity contribution in [3.8, 4) is 6.07 Å². The number of hydrogen-bond acceptors (Lipinski definition) is 4. The molecule has 3 rings (SSSR count). The van der Waals surface area contributed by atoms with Crippen molar-refractivity contribution in [2.75, 3.05) is 44.7 Å². The fraction of sp³-hybridized carbons (Fsp3) is 0.625. The van der Waals surface area contributed by atoms with Crippen LogP contribution in [0.1, 0.15) is 44.2 Å². The van der Waals surface area contributed by atoms with Gasteiger partial charge in [-0.2, -0.15) is 18.4 Å². The first-order valence-corrected chi connectivity index (χ1v) is 11.6. The van der Waals surface area contributed by atoms with Crippen molar-refractivity contribution in [3.05, 3.63) is 29.3 Å². The van der Waals surface area contributed by atoms with Gasteiger partial charge in [-0.05, 0) is 43.4 Å².